The number of nitrogens with zero attached hydrogens (tertiary/aromatic N) is 1. The minimum atomic E-state index is -0.987. The number of nitrogens with one attached hydrogen (secondary N) is 1. The van der Waals surface area contributed by atoms with E-state index in [9.17, 15) is 9.18 Å². The van der Waals surface area contributed by atoms with Crippen LogP contribution < -0.4 is 0 Å². The number of fused-ring (bicyclic) bond motifs is 1. The van der Waals surface area contributed by atoms with Crippen molar-refractivity contribution < 1.29 is 14.3 Å². The van der Waals surface area contributed by atoms with E-state index in [0.717, 1.165) is 9.13 Å². The first-order valence-corrected chi connectivity index (χ1v) is 6.81. The van der Waals surface area contributed by atoms with Crippen LogP contribution in [0.2, 0.25) is 0 Å². The average Bonchev–Trinajstić information content (AvgIpc) is 2.80. The number of aromatic nitrogens is 2. The largest absolute Gasteiger partial charge is 0.478 e. The van der Waals surface area contributed by atoms with Crippen LogP contribution in [0.5, 0.6) is 0 Å². The first kappa shape index (κ1) is 13.0. The number of hydrogen-bond donors (Lipinski definition) is 2. The van der Waals surface area contributed by atoms with Crippen LogP contribution in [-0.2, 0) is 0 Å². The number of halogens is 2. The minimum absolute atomic E-state index is 0.196. The van der Waals surface area contributed by atoms with Crippen LogP contribution in [0.4, 0.5) is 4.39 Å². The zero-order chi connectivity index (χ0) is 14.3. The molecule has 1 heterocycles. The lowest BCUT2D eigenvalue weighted by Crippen LogP contribution is -1.94. The maximum atomic E-state index is 13.1. The maximum Gasteiger partial charge on any atom is 0.335 e. The van der Waals surface area contributed by atoms with Crippen molar-refractivity contribution in [3.05, 3.63) is 51.3 Å². The molecule has 0 aliphatic rings. The number of carboxylic acid groups (broad SMARTS) is 1. The van der Waals surface area contributed by atoms with Crippen molar-refractivity contribution in [2.24, 2.45) is 0 Å². The van der Waals surface area contributed by atoms with Crippen molar-refractivity contribution in [3.63, 3.8) is 0 Å². The first-order chi connectivity index (χ1) is 9.54. The van der Waals surface area contributed by atoms with Gasteiger partial charge in [0.1, 0.15) is 11.6 Å². The van der Waals surface area contributed by atoms with E-state index in [-0.39, 0.29) is 11.4 Å². The molecule has 0 bridgehead atoms. The highest BCUT2D eigenvalue weighted by molar-refractivity contribution is 14.1. The summed E-state index contributed by atoms with van der Waals surface area (Å²) in [6, 6.07) is 9.12. The fourth-order valence-corrected chi connectivity index (χ4v) is 2.68. The van der Waals surface area contributed by atoms with Gasteiger partial charge in [-0.1, -0.05) is 0 Å². The van der Waals surface area contributed by atoms with Gasteiger partial charge < -0.3 is 10.1 Å². The Morgan fingerprint density at radius 3 is 2.75 bits per heavy atom. The summed E-state index contributed by atoms with van der Waals surface area (Å²) >= 11 is 2.04. The summed E-state index contributed by atoms with van der Waals surface area (Å²) in [4.78, 5) is 18.4. The molecule has 0 aliphatic carbocycles. The highest BCUT2D eigenvalue weighted by Crippen LogP contribution is 2.26. The fourth-order valence-electron chi connectivity index (χ4n) is 1.95. The predicted octanol–water partition coefficient (Wildman–Crippen LogP) is 3.67. The summed E-state index contributed by atoms with van der Waals surface area (Å²) in [5, 5.41) is 8.97. The molecule has 0 amide bonds. The molecule has 0 spiro atoms. The van der Waals surface area contributed by atoms with Crippen molar-refractivity contribution in [1.82, 2.24) is 9.97 Å². The Kier molecular flexibility index (Phi) is 3.17. The number of aromatic amines is 1. The number of aromatic carboxylic acids is 1. The van der Waals surface area contributed by atoms with Crippen LogP contribution in [0.3, 0.4) is 0 Å². The summed E-state index contributed by atoms with van der Waals surface area (Å²) in [6.45, 7) is 0. The number of hydrogen-bond acceptors (Lipinski definition) is 2. The van der Waals surface area contributed by atoms with Crippen LogP contribution >= 0.6 is 22.6 Å². The summed E-state index contributed by atoms with van der Waals surface area (Å²) in [5.74, 6) is -0.700. The van der Waals surface area contributed by atoms with Crippen molar-refractivity contribution in [2.45, 2.75) is 0 Å². The van der Waals surface area contributed by atoms with Crippen LogP contribution in [0.1, 0.15) is 10.4 Å². The molecule has 0 atom stereocenters. The summed E-state index contributed by atoms with van der Waals surface area (Å²) < 4.78 is 13.8. The van der Waals surface area contributed by atoms with E-state index >= 15 is 0 Å². The smallest absolute Gasteiger partial charge is 0.335 e. The maximum absolute atomic E-state index is 13.1. The zero-order valence-corrected chi connectivity index (χ0v) is 12.2. The number of carboxylic acids is 1. The summed E-state index contributed by atoms with van der Waals surface area (Å²) in [5.41, 5.74) is 2.28. The minimum Gasteiger partial charge on any atom is -0.478 e. The highest BCUT2D eigenvalue weighted by Gasteiger charge is 2.11. The molecule has 0 unspecified atom stereocenters. The highest BCUT2D eigenvalue weighted by atomic mass is 127. The molecule has 0 aliphatic heterocycles. The van der Waals surface area contributed by atoms with Gasteiger partial charge in [-0.15, -0.1) is 0 Å². The molecule has 20 heavy (non-hydrogen) atoms. The Balaban J connectivity index is 2.15. The molecular weight excluding hydrogens is 374 g/mol. The Bertz CT molecular complexity index is 829. The first-order valence-electron chi connectivity index (χ1n) is 5.73. The predicted molar refractivity (Wildman–Crippen MR) is 81.2 cm³/mol. The molecular formula is C14H8FIN2O2. The molecule has 0 fully saturated rings. The fraction of sp³-hybridized carbons (Fsp3) is 0. The third-order valence-corrected chi connectivity index (χ3v) is 3.81. The van der Waals surface area contributed by atoms with E-state index in [1.807, 2.05) is 22.6 Å². The van der Waals surface area contributed by atoms with Crippen LogP contribution in [0.25, 0.3) is 22.4 Å². The lowest BCUT2D eigenvalue weighted by Gasteiger charge is -2.00. The number of carbonyl (C=O) groups is 1. The Hall–Kier alpha value is -1.96. The second-order valence-corrected chi connectivity index (χ2v) is 5.41. The molecule has 0 radical (unpaired) electrons. The zero-order valence-electron chi connectivity index (χ0n) is 10.0. The Labute approximate surface area is 126 Å². The van der Waals surface area contributed by atoms with E-state index < -0.39 is 5.97 Å². The van der Waals surface area contributed by atoms with Gasteiger partial charge in [0.05, 0.1) is 16.6 Å². The SMILES string of the molecule is O=C(O)c1ccc2nc(-c3ccc(F)cc3I)[nH]c2c1. The van der Waals surface area contributed by atoms with Crippen molar-refractivity contribution in [3.8, 4) is 11.4 Å². The van der Waals surface area contributed by atoms with Crippen molar-refractivity contribution in [1.29, 1.82) is 0 Å². The number of benzene rings is 2. The Morgan fingerprint density at radius 1 is 1.25 bits per heavy atom. The average molecular weight is 382 g/mol. The summed E-state index contributed by atoms with van der Waals surface area (Å²) in [6.07, 6.45) is 0. The van der Waals surface area contributed by atoms with E-state index in [1.165, 1.54) is 24.3 Å². The van der Waals surface area contributed by atoms with Gasteiger partial charge in [-0.05, 0) is 59.0 Å². The molecule has 100 valence electrons. The monoisotopic (exact) mass is 382 g/mol. The second-order valence-electron chi connectivity index (χ2n) is 4.25. The molecule has 6 heteroatoms. The molecule has 0 saturated heterocycles. The van der Waals surface area contributed by atoms with Crippen LogP contribution in [0.15, 0.2) is 36.4 Å². The molecule has 2 aromatic carbocycles. The molecule has 2 N–H and O–H groups in total. The topological polar surface area (TPSA) is 66.0 Å². The normalized spacial score (nSPS) is 10.9. The molecule has 4 nitrogen and oxygen atoms in total. The number of H-pyrrole nitrogens is 1. The van der Waals surface area contributed by atoms with Crippen LogP contribution in [-0.4, -0.2) is 21.0 Å². The quantitative estimate of drug-likeness (QED) is 0.665. The number of rotatable bonds is 2. The number of imidazole rings is 1. The van der Waals surface area contributed by atoms with Gasteiger partial charge in [-0.3, -0.25) is 0 Å². The van der Waals surface area contributed by atoms with E-state index in [0.29, 0.717) is 16.9 Å². The van der Waals surface area contributed by atoms with Gasteiger partial charge >= 0.3 is 5.97 Å². The molecule has 3 rings (SSSR count). The Morgan fingerprint density at radius 2 is 2.05 bits per heavy atom. The van der Waals surface area contributed by atoms with Gasteiger partial charge in [0, 0.05) is 9.13 Å². The lowest BCUT2D eigenvalue weighted by atomic mass is 10.2. The van der Waals surface area contributed by atoms with E-state index in [2.05, 4.69) is 9.97 Å². The van der Waals surface area contributed by atoms with E-state index in [4.69, 9.17) is 5.11 Å². The van der Waals surface area contributed by atoms with Crippen molar-refractivity contribution in [2.75, 3.05) is 0 Å². The summed E-state index contributed by atoms with van der Waals surface area (Å²) in [7, 11) is 0. The van der Waals surface area contributed by atoms with Gasteiger partial charge in [0.15, 0.2) is 0 Å². The second kappa shape index (κ2) is 4.86. The van der Waals surface area contributed by atoms with Gasteiger partial charge in [-0.25, -0.2) is 14.2 Å². The standard InChI is InChI=1S/C14H8FIN2O2/c15-8-2-3-9(10(16)6-8)13-17-11-4-1-7(14(19)20)5-12(11)18-13/h1-6H,(H,17,18)(H,19,20). The third-order valence-electron chi connectivity index (χ3n) is 2.92. The van der Waals surface area contributed by atoms with Gasteiger partial charge in [0.2, 0.25) is 0 Å². The van der Waals surface area contributed by atoms with E-state index in [1.54, 1.807) is 12.1 Å². The van der Waals surface area contributed by atoms with Gasteiger partial charge in [0.25, 0.3) is 0 Å². The molecule has 1 aromatic heterocycles. The third kappa shape index (κ3) is 2.26. The van der Waals surface area contributed by atoms with Crippen molar-refractivity contribution >= 4 is 39.6 Å². The van der Waals surface area contributed by atoms with Crippen LogP contribution in [0, 0.1) is 9.39 Å². The van der Waals surface area contributed by atoms with Gasteiger partial charge in [-0.2, -0.15) is 0 Å². The molecule has 3 aromatic rings. The molecule has 0 saturated carbocycles. The lowest BCUT2D eigenvalue weighted by molar-refractivity contribution is 0.0697.